The Morgan fingerprint density at radius 2 is 2.25 bits per heavy atom. The van der Waals surface area contributed by atoms with E-state index in [1.54, 1.807) is 4.52 Å². The maximum atomic E-state index is 12.1. The fourth-order valence-electron chi connectivity index (χ4n) is 2.17. The number of aryl methyl sites for hydroxylation is 2. The zero-order valence-electron chi connectivity index (χ0n) is 12.1. The second-order valence-corrected chi connectivity index (χ2v) is 4.99. The van der Waals surface area contributed by atoms with Crippen LogP contribution >= 0.6 is 0 Å². The third kappa shape index (κ3) is 2.96. The van der Waals surface area contributed by atoms with Gasteiger partial charge in [-0.05, 0) is 26.3 Å². The molecule has 0 aliphatic carbocycles. The third-order valence-electron chi connectivity index (χ3n) is 3.14. The first-order valence-corrected chi connectivity index (χ1v) is 6.81. The van der Waals surface area contributed by atoms with Gasteiger partial charge in [0, 0.05) is 17.9 Å². The lowest BCUT2D eigenvalue weighted by Crippen LogP contribution is -2.32. The van der Waals surface area contributed by atoms with Crippen molar-refractivity contribution in [2.45, 2.75) is 39.7 Å². The first kappa shape index (κ1) is 14.5. The van der Waals surface area contributed by atoms with Crippen LogP contribution in [0.2, 0.25) is 0 Å². The average Bonchev–Trinajstić information content (AvgIpc) is 2.80. The number of amides is 1. The molecule has 1 amide bonds. The summed E-state index contributed by atoms with van der Waals surface area (Å²) in [6.45, 7) is 6.04. The number of aliphatic hydroxyl groups excluding tert-OH is 1. The third-order valence-corrected chi connectivity index (χ3v) is 3.14. The van der Waals surface area contributed by atoms with Gasteiger partial charge < -0.3 is 10.4 Å². The smallest absolute Gasteiger partial charge is 0.256 e. The second-order valence-electron chi connectivity index (χ2n) is 4.99. The number of aromatic nitrogens is 3. The van der Waals surface area contributed by atoms with Crippen LogP contribution in [0.15, 0.2) is 12.3 Å². The lowest BCUT2D eigenvalue weighted by molar-refractivity contribution is 0.0911. The van der Waals surface area contributed by atoms with Gasteiger partial charge >= 0.3 is 0 Å². The van der Waals surface area contributed by atoms with Crippen molar-refractivity contribution < 1.29 is 9.90 Å². The van der Waals surface area contributed by atoms with Crippen LogP contribution in [0, 0.1) is 13.8 Å². The predicted octanol–water partition coefficient (Wildman–Crippen LogP) is 1.24. The summed E-state index contributed by atoms with van der Waals surface area (Å²) in [6, 6.07) is 1.91. The molecule has 0 radical (unpaired) electrons. The Bertz CT molecular complexity index is 621. The zero-order chi connectivity index (χ0) is 14.7. The molecule has 2 heterocycles. The highest BCUT2D eigenvalue weighted by molar-refractivity contribution is 5.99. The van der Waals surface area contributed by atoms with Crippen LogP contribution in [0.25, 0.3) is 5.65 Å². The molecule has 0 saturated heterocycles. The Kier molecular flexibility index (Phi) is 4.34. The Morgan fingerprint density at radius 3 is 2.95 bits per heavy atom. The molecule has 1 atom stereocenters. The molecule has 0 bridgehead atoms. The number of aliphatic hydroxyl groups is 1. The average molecular weight is 276 g/mol. The SMILES string of the molecule is CCCC(O)CNC(=O)c1cnn2c(C)cc(C)nc12. The standard InChI is InChI=1S/C14H20N4O2/c1-4-5-11(19)7-15-14(20)12-8-16-18-10(3)6-9(2)17-13(12)18/h6,8,11,19H,4-5,7H2,1-3H3,(H,15,20). The number of fused-ring (bicyclic) bond motifs is 1. The van der Waals surface area contributed by atoms with Crippen molar-refractivity contribution in [3.05, 3.63) is 29.2 Å². The quantitative estimate of drug-likeness (QED) is 0.861. The van der Waals surface area contributed by atoms with Gasteiger partial charge in [0.25, 0.3) is 5.91 Å². The van der Waals surface area contributed by atoms with E-state index in [1.165, 1.54) is 6.20 Å². The van der Waals surface area contributed by atoms with Crippen LogP contribution in [0.4, 0.5) is 0 Å². The molecule has 0 spiro atoms. The molecule has 0 aliphatic rings. The summed E-state index contributed by atoms with van der Waals surface area (Å²) in [4.78, 5) is 16.5. The highest BCUT2D eigenvalue weighted by atomic mass is 16.3. The van der Waals surface area contributed by atoms with Gasteiger partial charge in [0.1, 0.15) is 5.56 Å². The van der Waals surface area contributed by atoms with Gasteiger partial charge in [0.2, 0.25) is 0 Å². The number of carbonyl (C=O) groups is 1. The van der Waals surface area contributed by atoms with Gasteiger partial charge in [-0.25, -0.2) is 9.50 Å². The predicted molar refractivity (Wildman–Crippen MR) is 75.7 cm³/mol. The first-order valence-electron chi connectivity index (χ1n) is 6.81. The molecule has 0 aromatic carbocycles. The van der Waals surface area contributed by atoms with E-state index >= 15 is 0 Å². The van der Waals surface area contributed by atoms with Crippen LogP contribution in [-0.2, 0) is 0 Å². The summed E-state index contributed by atoms with van der Waals surface area (Å²) in [5, 5.41) is 16.5. The van der Waals surface area contributed by atoms with Gasteiger partial charge in [0.15, 0.2) is 5.65 Å². The van der Waals surface area contributed by atoms with Gasteiger partial charge in [-0.2, -0.15) is 5.10 Å². The van der Waals surface area contributed by atoms with Gasteiger partial charge in [-0.3, -0.25) is 4.79 Å². The minimum atomic E-state index is -0.512. The Morgan fingerprint density at radius 1 is 1.50 bits per heavy atom. The van der Waals surface area contributed by atoms with E-state index in [0.29, 0.717) is 17.6 Å². The molecule has 108 valence electrons. The minimum absolute atomic E-state index is 0.245. The molecule has 20 heavy (non-hydrogen) atoms. The number of nitrogens with one attached hydrogen (secondary N) is 1. The number of nitrogens with zero attached hydrogens (tertiary/aromatic N) is 3. The molecule has 0 saturated carbocycles. The van der Waals surface area contributed by atoms with Crippen LogP contribution in [0.1, 0.15) is 41.5 Å². The van der Waals surface area contributed by atoms with Crippen molar-refractivity contribution in [2.24, 2.45) is 0 Å². The molecule has 0 aliphatic heterocycles. The monoisotopic (exact) mass is 276 g/mol. The van der Waals surface area contributed by atoms with Crippen molar-refractivity contribution in [3.63, 3.8) is 0 Å². The molecule has 6 heteroatoms. The number of hydrogen-bond donors (Lipinski definition) is 2. The van der Waals surface area contributed by atoms with E-state index in [0.717, 1.165) is 17.8 Å². The molecule has 2 N–H and O–H groups in total. The second kappa shape index (κ2) is 6.00. The maximum Gasteiger partial charge on any atom is 0.256 e. The minimum Gasteiger partial charge on any atom is -0.391 e. The largest absolute Gasteiger partial charge is 0.391 e. The van der Waals surface area contributed by atoms with E-state index < -0.39 is 6.10 Å². The fraction of sp³-hybridized carbons (Fsp3) is 0.500. The lowest BCUT2D eigenvalue weighted by Gasteiger charge is -2.10. The Labute approximate surface area is 117 Å². The molecule has 1 unspecified atom stereocenters. The van der Waals surface area contributed by atoms with Crippen LogP contribution in [0.5, 0.6) is 0 Å². The van der Waals surface area contributed by atoms with Gasteiger partial charge in [-0.1, -0.05) is 13.3 Å². The fourth-order valence-corrected chi connectivity index (χ4v) is 2.17. The van der Waals surface area contributed by atoms with Crippen molar-refractivity contribution in [2.75, 3.05) is 6.54 Å². The van der Waals surface area contributed by atoms with Crippen LogP contribution < -0.4 is 5.32 Å². The van der Waals surface area contributed by atoms with Gasteiger partial charge in [0.05, 0.1) is 12.3 Å². The first-order chi connectivity index (χ1) is 9.52. The van der Waals surface area contributed by atoms with E-state index in [2.05, 4.69) is 15.4 Å². The number of hydrogen-bond acceptors (Lipinski definition) is 4. The Hall–Kier alpha value is -1.95. The Balaban J connectivity index is 2.18. The topological polar surface area (TPSA) is 79.5 Å². The van der Waals surface area contributed by atoms with E-state index in [1.807, 2.05) is 26.8 Å². The normalized spacial score (nSPS) is 12.6. The lowest BCUT2D eigenvalue weighted by atomic mass is 10.2. The summed E-state index contributed by atoms with van der Waals surface area (Å²) >= 11 is 0. The molecule has 2 aromatic rings. The molecule has 6 nitrogen and oxygen atoms in total. The number of rotatable bonds is 5. The summed E-state index contributed by atoms with van der Waals surface area (Å²) in [7, 11) is 0. The number of carbonyl (C=O) groups excluding carboxylic acids is 1. The van der Waals surface area contributed by atoms with Crippen molar-refractivity contribution >= 4 is 11.6 Å². The summed E-state index contributed by atoms with van der Waals surface area (Å²) in [6.07, 6.45) is 2.55. The van der Waals surface area contributed by atoms with Crippen molar-refractivity contribution in [1.82, 2.24) is 19.9 Å². The maximum absolute atomic E-state index is 12.1. The highest BCUT2D eigenvalue weighted by Crippen LogP contribution is 2.11. The molecular weight excluding hydrogens is 256 g/mol. The van der Waals surface area contributed by atoms with Crippen molar-refractivity contribution in [3.8, 4) is 0 Å². The van der Waals surface area contributed by atoms with Crippen molar-refractivity contribution in [1.29, 1.82) is 0 Å². The summed E-state index contributed by atoms with van der Waals surface area (Å²) < 4.78 is 1.64. The van der Waals surface area contributed by atoms with Gasteiger partial charge in [-0.15, -0.1) is 0 Å². The molecule has 2 aromatic heterocycles. The summed E-state index contributed by atoms with van der Waals surface area (Å²) in [5.74, 6) is -0.257. The zero-order valence-corrected chi connectivity index (χ0v) is 12.1. The highest BCUT2D eigenvalue weighted by Gasteiger charge is 2.16. The van der Waals surface area contributed by atoms with E-state index in [-0.39, 0.29) is 12.5 Å². The van der Waals surface area contributed by atoms with E-state index in [9.17, 15) is 9.90 Å². The van der Waals surface area contributed by atoms with Crippen LogP contribution in [0.3, 0.4) is 0 Å². The molecule has 0 fully saturated rings. The summed E-state index contributed by atoms with van der Waals surface area (Å²) in [5.41, 5.74) is 2.75. The molecular formula is C14H20N4O2. The molecule has 2 rings (SSSR count). The van der Waals surface area contributed by atoms with E-state index in [4.69, 9.17) is 0 Å². The van der Waals surface area contributed by atoms with Crippen LogP contribution in [-0.4, -0.2) is 38.3 Å².